The van der Waals surface area contributed by atoms with Gasteiger partial charge in [0.15, 0.2) is 0 Å². The number of primary sulfonamides is 1. The highest BCUT2D eigenvalue weighted by molar-refractivity contribution is 7.89. The standard InChI is InChI=1S/C11H18N4O2S/c1-8-6-9(12)4-5-15(8)11-3-2-10(7-14-11)18(13,16)17/h2-3,7-9H,4-6,12H2,1H3,(H2,13,16,17). The number of hydrogen-bond donors (Lipinski definition) is 2. The molecule has 1 aromatic rings. The van der Waals surface area contributed by atoms with Crippen molar-refractivity contribution < 1.29 is 8.42 Å². The first kappa shape index (κ1) is 13.3. The lowest BCUT2D eigenvalue weighted by molar-refractivity contribution is 0.427. The van der Waals surface area contributed by atoms with Crippen molar-refractivity contribution in [3.8, 4) is 0 Å². The molecule has 0 amide bonds. The van der Waals surface area contributed by atoms with Crippen molar-refractivity contribution in [2.24, 2.45) is 10.9 Å². The summed E-state index contributed by atoms with van der Waals surface area (Å²) >= 11 is 0. The van der Waals surface area contributed by atoms with Gasteiger partial charge in [0.25, 0.3) is 0 Å². The fourth-order valence-electron chi connectivity index (χ4n) is 2.26. The monoisotopic (exact) mass is 270 g/mol. The fourth-order valence-corrected chi connectivity index (χ4v) is 2.72. The maximum absolute atomic E-state index is 11.1. The van der Waals surface area contributed by atoms with Crippen molar-refractivity contribution >= 4 is 15.8 Å². The molecule has 0 bridgehead atoms. The molecule has 0 spiro atoms. The Bertz CT molecular complexity index is 514. The van der Waals surface area contributed by atoms with Crippen LogP contribution >= 0.6 is 0 Å². The third-order valence-electron chi connectivity index (χ3n) is 3.26. The Morgan fingerprint density at radius 1 is 1.44 bits per heavy atom. The van der Waals surface area contributed by atoms with Gasteiger partial charge in [-0.3, -0.25) is 0 Å². The molecule has 1 saturated heterocycles. The summed E-state index contributed by atoms with van der Waals surface area (Å²) in [6.07, 6.45) is 3.13. The molecule has 18 heavy (non-hydrogen) atoms. The molecule has 4 N–H and O–H groups in total. The van der Waals surface area contributed by atoms with E-state index in [0.29, 0.717) is 6.04 Å². The van der Waals surface area contributed by atoms with Crippen LogP contribution < -0.4 is 15.8 Å². The zero-order valence-electron chi connectivity index (χ0n) is 10.3. The van der Waals surface area contributed by atoms with E-state index in [1.165, 1.54) is 12.3 Å². The molecular formula is C11H18N4O2S. The van der Waals surface area contributed by atoms with Crippen LogP contribution in [0.3, 0.4) is 0 Å². The van der Waals surface area contributed by atoms with Gasteiger partial charge in [0.2, 0.25) is 10.0 Å². The highest BCUT2D eigenvalue weighted by Crippen LogP contribution is 2.22. The van der Waals surface area contributed by atoms with Gasteiger partial charge in [-0.25, -0.2) is 18.5 Å². The second kappa shape index (κ2) is 4.83. The molecule has 2 heterocycles. The highest BCUT2D eigenvalue weighted by Gasteiger charge is 2.24. The molecule has 0 aromatic carbocycles. The lowest BCUT2D eigenvalue weighted by Gasteiger charge is -2.37. The molecule has 1 aliphatic rings. The topological polar surface area (TPSA) is 102 Å². The van der Waals surface area contributed by atoms with Gasteiger partial charge in [-0.15, -0.1) is 0 Å². The van der Waals surface area contributed by atoms with Crippen molar-refractivity contribution in [2.45, 2.75) is 36.7 Å². The minimum absolute atomic E-state index is 0.0348. The van der Waals surface area contributed by atoms with Gasteiger partial charge in [0, 0.05) is 24.8 Å². The second-order valence-electron chi connectivity index (χ2n) is 4.72. The Morgan fingerprint density at radius 3 is 2.67 bits per heavy atom. The summed E-state index contributed by atoms with van der Waals surface area (Å²) in [5.74, 6) is 0.766. The Kier molecular flexibility index (Phi) is 3.56. The van der Waals surface area contributed by atoms with Gasteiger partial charge in [0.1, 0.15) is 10.7 Å². The van der Waals surface area contributed by atoms with Gasteiger partial charge in [-0.05, 0) is 31.9 Å². The van der Waals surface area contributed by atoms with Crippen molar-refractivity contribution in [3.63, 3.8) is 0 Å². The average Bonchev–Trinajstić information content (AvgIpc) is 2.28. The summed E-state index contributed by atoms with van der Waals surface area (Å²) in [5.41, 5.74) is 5.90. The lowest BCUT2D eigenvalue weighted by Crippen LogP contribution is -2.46. The van der Waals surface area contributed by atoms with Crippen LogP contribution in [-0.4, -0.2) is 32.0 Å². The summed E-state index contributed by atoms with van der Waals surface area (Å²) < 4.78 is 22.3. The first-order valence-electron chi connectivity index (χ1n) is 5.89. The third kappa shape index (κ3) is 2.80. The van der Waals surface area contributed by atoms with E-state index in [-0.39, 0.29) is 10.9 Å². The number of nitrogens with two attached hydrogens (primary N) is 2. The number of rotatable bonds is 2. The van der Waals surface area contributed by atoms with Crippen LogP contribution in [0, 0.1) is 0 Å². The van der Waals surface area contributed by atoms with Crippen LogP contribution in [0.25, 0.3) is 0 Å². The van der Waals surface area contributed by atoms with E-state index in [1.807, 2.05) is 0 Å². The van der Waals surface area contributed by atoms with Crippen LogP contribution in [0.1, 0.15) is 19.8 Å². The van der Waals surface area contributed by atoms with Crippen molar-refractivity contribution in [2.75, 3.05) is 11.4 Å². The van der Waals surface area contributed by atoms with E-state index in [1.54, 1.807) is 6.07 Å². The van der Waals surface area contributed by atoms with E-state index < -0.39 is 10.0 Å². The van der Waals surface area contributed by atoms with Gasteiger partial charge in [0.05, 0.1) is 0 Å². The maximum Gasteiger partial charge on any atom is 0.239 e. The van der Waals surface area contributed by atoms with Gasteiger partial charge < -0.3 is 10.6 Å². The Labute approximate surface area is 107 Å². The second-order valence-corrected chi connectivity index (χ2v) is 6.29. The molecule has 1 aliphatic heterocycles. The van der Waals surface area contributed by atoms with Crippen LogP contribution in [0.15, 0.2) is 23.2 Å². The lowest BCUT2D eigenvalue weighted by atomic mass is 9.99. The Balaban J connectivity index is 2.20. The maximum atomic E-state index is 11.1. The molecule has 6 nitrogen and oxygen atoms in total. The van der Waals surface area contributed by atoms with Crippen LogP contribution in [0.2, 0.25) is 0 Å². The van der Waals surface area contributed by atoms with E-state index in [9.17, 15) is 8.42 Å². The summed E-state index contributed by atoms with van der Waals surface area (Å²) in [6, 6.07) is 3.72. The van der Waals surface area contributed by atoms with Gasteiger partial charge >= 0.3 is 0 Å². The minimum atomic E-state index is -3.67. The highest BCUT2D eigenvalue weighted by atomic mass is 32.2. The number of aromatic nitrogens is 1. The van der Waals surface area contributed by atoms with Crippen molar-refractivity contribution in [1.82, 2.24) is 4.98 Å². The Hall–Kier alpha value is -1.18. The average molecular weight is 270 g/mol. The zero-order valence-corrected chi connectivity index (χ0v) is 11.1. The third-order valence-corrected chi connectivity index (χ3v) is 4.16. The van der Waals surface area contributed by atoms with Crippen molar-refractivity contribution in [1.29, 1.82) is 0 Å². The van der Waals surface area contributed by atoms with Gasteiger partial charge in [-0.1, -0.05) is 0 Å². The van der Waals surface area contributed by atoms with Crippen LogP contribution in [-0.2, 0) is 10.0 Å². The number of anilines is 1. The number of nitrogens with zero attached hydrogens (tertiary/aromatic N) is 2. The number of pyridine rings is 1. The van der Waals surface area contributed by atoms with Gasteiger partial charge in [-0.2, -0.15) is 0 Å². The van der Waals surface area contributed by atoms with E-state index in [2.05, 4.69) is 16.8 Å². The zero-order chi connectivity index (χ0) is 13.3. The quantitative estimate of drug-likeness (QED) is 0.790. The summed E-state index contributed by atoms with van der Waals surface area (Å²) in [4.78, 5) is 6.34. The van der Waals surface area contributed by atoms with E-state index in [0.717, 1.165) is 25.2 Å². The first-order valence-corrected chi connectivity index (χ1v) is 7.43. The SMILES string of the molecule is CC1CC(N)CCN1c1ccc(S(N)(=O)=O)cn1. The molecule has 0 aliphatic carbocycles. The predicted octanol–water partition coefficient (Wildman–Crippen LogP) is 0.0450. The number of hydrogen-bond acceptors (Lipinski definition) is 5. The summed E-state index contributed by atoms with van der Waals surface area (Å²) in [7, 11) is -3.67. The molecule has 2 unspecified atom stereocenters. The van der Waals surface area contributed by atoms with E-state index >= 15 is 0 Å². The summed E-state index contributed by atoms with van der Waals surface area (Å²) in [5, 5.41) is 5.03. The van der Waals surface area contributed by atoms with Crippen molar-refractivity contribution in [3.05, 3.63) is 18.3 Å². The van der Waals surface area contributed by atoms with E-state index in [4.69, 9.17) is 10.9 Å². The molecule has 2 rings (SSSR count). The van der Waals surface area contributed by atoms with Crippen LogP contribution in [0.4, 0.5) is 5.82 Å². The smallest absolute Gasteiger partial charge is 0.239 e. The number of sulfonamides is 1. The van der Waals surface area contributed by atoms with Crippen LogP contribution in [0.5, 0.6) is 0 Å². The molecular weight excluding hydrogens is 252 g/mol. The molecule has 100 valence electrons. The molecule has 7 heteroatoms. The fraction of sp³-hybridized carbons (Fsp3) is 0.545. The molecule has 1 aromatic heterocycles. The Morgan fingerprint density at radius 2 is 2.17 bits per heavy atom. The molecule has 0 saturated carbocycles. The largest absolute Gasteiger partial charge is 0.354 e. The summed E-state index contributed by atoms with van der Waals surface area (Å²) in [6.45, 7) is 2.93. The first-order chi connectivity index (χ1) is 8.38. The normalized spacial score (nSPS) is 25.2. The minimum Gasteiger partial charge on any atom is -0.354 e. The molecule has 2 atom stereocenters. The molecule has 0 radical (unpaired) electrons. The number of piperidine rings is 1. The molecule has 1 fully saturated rings. The predicted molar refractivity (Wildman–Crippen MR) is 69.6 cm³/mol.